The SMILES string of the molecule is CCC[C@H](C(C)=O)[C@H](Cc1ccc(-c2ccc(CN)cc2)cc1)c1nn[nH]n1. The third kappa shape index (κ3) is 4.70. The standard InChI is InChI=1S/C22H27N5O/c1-3-4-20(15(2)28)21(22-24-26-27-25-22)13-16-5-9-18(10-6-16)19-11-7-17(14-23)8-12-19/h5-12,20-21H,3-4,13-14,23H2,1-2H3,(H,24,25,26,27)/t20-,21+/m1/s1. The van der Waals surface area contributed by atoms with Gasteiger partial charge in [0, 0.05) is 18.4 Å². The molecule has 0 bridgehead atoms. The molecule has 0 unspecified atom stereocenters. The highest BCUT2D eigenvalue weighted by atomic mass is 16.1. The Morgan fingerprint density at radius 2 is 1.64 bits per heavy atom. The summed E-state index contributed by atoms with van der Waals surface area (Å²) < 4.78 is 0. The molecule has 1 heterocycles. The minimum atomic E-state index is -0.105. The summed E-state index contributed by atoms with van der Waals surface area (Å²) in [5.74, 6) is 0.598. The van der Waals surface area contributed by atoms with Crippen molar-refractivity contribution >= 4 is 5.78 Å². The molecule has 0 spiro atoms. The Morgan fingerprint density at radius 3 is 2.11 bits per heavy atom. The van der Waals surface area contributed by atoms with Crippen molar-refractivity contribution in [3.63, 3.8) is 0 Å². The molecule has 1 aromatic heterocycles. The average molecular weight is 377 g/mol. The lowest BCUT2D eigenvalue weighted by molar-refractivity contribution is -0.121. The molecule has 0 aliphatic carbocycles. The van der Waals surface area contributed by atoms with Crippen LogP contribution in [0.25, 0.3) is 11.1 Å². The summed E-state index contributed by atoms with van der Waals surface area (Å²) in [6.45, 7) is 4.29. The fourth-order valence-corrected chi connectivity index (χ4v) is 3.66. The van der Waals surface area contributed by atoms with E-state index in [1.807, 2.05) is 0 Å². The van der Waals surface area contributed by atoms with Crippen molar-refractivity contribution in [1.82, 2.24) is 20.6 Å². The van der Waals surface area contributed by atoms with Crippen molar-refractivity contribution in [2.75, 3.05) is 0 Å². The quantitative estimate of drug-likeness (QED) is 0.593. The molecule has 28 heavy (non-hydrogen) atoms. The van der Waals surface area contributed by atoms with Crippen molar-refractivity contribution in [2.45, 2.75) is 45.6 Å². The van der Waals surface area contributed by atoms with Crippen LogP contribution >= 0.6 is 0 Å². The van der Waals surface area contributed by atoms with Gasteiger partial charge in [-0.15, -0.1) is 10.2 Å². The van der Waals surface area contributed by atoms with Crippen LogP contribution in [0.15, 0.2) is 48.5 Å². The summed E-state index contributed by atoms with van der Waals surface area (Å²) in [6, 6.07) is 16.7. The second-order valence-electron chi connectivity index (χ2n) is 7.18. The zero-order chi connectivity index (χ0) is 19.9. The topological polar surface area (TPSA) is 97.5 Å². The van der Waals surface area contributed by atoms with Gasteiger partial charge in [0.15, 0.2) is 5.82 Å². The molecule has 3 rings (SSSR count). The van der Waals surface area contributed by atoms with E-state index in [0.29, 0.717) is 18.8 Å². The molecule has 0 saturated heterocycles. The average Bonchev–Trinajstić information content (AvgIpc) is 3.25. The van der Waals surface area contributed by atoms with Gasteiger partial charge in [-0.2, -0.15) is 5.21 Å². The largest absolute Gasteiger partial charge is 0.326 e. The van der Waals surface area contributed by atoms with Crippen LogP contribution in [0.5, 0.6) is 0 Å². The van der Waals surface area contributed by atoms with Crippen molar-refractivity contribution in [1.29, 1.82) is 0 Å². The number of Topliss-reactive ketones (excluding diaryl/α,β-unsaturated/α-hetero) is 1. The Hall–Kier alpha value is -2.86. The van der Waals surface area contributed by atoms with E-state index in [0.717, 1.165) is 35.1 Å². The Balaban J connectivity index is 1.81. The molecule has 6 heteroatoms. The van der Waals surface area contributed by atoms with Crippen LogP contribution in [-0.2, 0) is 17.8 Å². The van der Waals surface area contributed by atoms with Crippen LogP contribution in [0.1, 0.15) is 49.6 Å². The van der Waals surface area contributed by atoms with Crippen LogP contribution in [-0.4, -0.2) is 26.4 Å². The maximum absolute atomic E-state index is 12.3. The molecule has 2 atom stereocenters. The molecular weight excluding hydrogens is 350 g/mol. The number of nitrogens with two attached hydrogens (primary N) is 1. The van der Waals surface area contributed by atoms with E-state index >= 15 is 0 Å². The van der Waals surface area contributed by atoms with Gasteiger partial charge in [0.25, 0.3) is 0 Å². The summed E-state index contributed by atoms with van der Waals surface area (Å²) >= 11 is 0. The molecule has 3 aromatic rings. The maximum Gasteiger partial charge on any atom is 0.178 e. The van der Waals surface area contributed by atoms with E-state index in [-0.39, 0.29) is 17.6 Å². The first-order valence-corrected chi connectivity index (χ1v) is 9.74. The van der Waals surface area contributed by atoms with Gasteiger partial charge in [0.05, 0.1) is 0 Å². The normalized spacial score (nSPS) is 13.2. The molecule has 0 saturated carbocycles. The second kappa shape index (κ2) is 9.37. The lowest BCUT2D eigenvalue weighted by atomic mass is 9.81. The van der Waals surface area contributed by atoms with Gasteiger partial charge in [-0.1, -0.05) is 67.1 Å². The number of carbonyl (C=O) groups excluding carboxylic acids is 1. The maximum atomic E-state index is 12.3. The number of aromatic nitrogens is 4. The number of aromatic amines is 1. The van der Waals surface area contributed by atoms with E-state index < -0.39 is 0 Å². The fourth-order valence-electron chi connectivity index (χ4n) is 3.66. The number of carbonyl (C=O) groups is 1. The van der Waals surface area contributed by atoms with Crippen molar-refractivity contribution in [2.24, 2.45) is 11.7 Å². The zero-order valence-corrected chi connectivity index (χ0v) is 16.4. The van der Waals surface area contributed by atoms with E-state index in [9.17, 15) is 4.79 Å². The number of nitrogens with one attached hydrogen (secondary N) is 1. The van der Waals surface area contributed by atoms with Gasteiger partial charge in [0.2, 0.25) is 0 Å². The molecule has 0 radical (unpaired) electrons. The highest BCUT2D eigenvalue weighted by molar-refractivity contribution is 5.79. The number of hydrogen-bond donors (Lipinski definition) is 2. The number of rotatable bonds is 9. The molecule has 2 aromatic carbocycles. The number of tetrazole rings is 1. The van der Waals surface area contributed by atoms with Crippen molar-refractivity contribution < 1.29 is 4.79 Å². The predicted molar refractivity (Wildman–Crippen MR) is 109 cm³/mol. The molecule has 0 fully saturated rings. The fraction of sp³-hybridized carbons (Fsp3) is 0.364. The third-order valence-electron chi connectivity index (χ3n) is 5.23. The smallest absolute Gasteiger partial charge is 0.178 e. The van der Waals surface area contributed by atoms with Gasteiger partial charge in [-0.25, -0.2) is 0 Å². The minimum Gasteiger partial charge on any atom is -0.326 e. The lowest BCUT2D eigenvalue weighted by Gasteiger charge is -2.22. The number of benzene rings is 2. The molecule has 6 nitrogen and oxygen atoms in total. The third-order valence-corrected chi connectivity index (χ3v) is 5.23. The van der Waals surface area contributed by atoms with Gasteiger partial charge in [0.1, 0.15) is 5.78 Å². The summed E-state index contributed by atoms with van der Waals surface area (Å²) in [5, 5.41) is 14.6. The van der Waals surface area contributed by atoms with E-state index in [2.05, 4.69) is 76.1 Å². The van der Waals surface area contributed by atoms with Crippen LogP contribution < -0.4 is 5.73 Å². The highest BCUT2D eigenvalue weighted by Crippen LogP contribution is 2.31. The highest BCUT2D eigenvalue weighted by Gasteiger charge is 2.29. The van der Waals surface area contributed by atoms with E-state index in [1.165, 1.54) is 0 Å². The van der Waals surface area contributed by atoms with Crippen LogP contribution in [0.3, 0.4) is 0 Å². The van der Waals surface area contributed by atoms with Gasteiger partial charge >= 0.3 is 0 Å². The second-order valence-corrected chi connectivity index (χ2v) is 7.18. The molecule has 0 aliphatic heterocycles. The van der Waals surface area contributed by atoms with E-state index in [1.54, 1.807) is 6.92 Å². The molecule has 146 valence electrons. The Bertz CT molecular complexity index is 872. The predicted octanol–water partition coefficient (Wildman–Crippen LogP) is 3.66. The Kier molecular flexibility index (Phi) is 6.66. The number of hydrogen-bond acceptors (Lipinski definition) is 5. The summed E-state index contributed by atoms with van der Waals surface area (Å²) in [4.78, 5) is 12.3. The first-order valence-electron chi connectivity index (χ1n) is 9.74. The molecule has 0 amide bonds. The number of H-pyrrole nitrogens is 1. The van der Waals surface area contributed by atoms with Crippen molar-refractivity contribution in [3.05, 3.63) is 65.5 Å². The van der Waals surface area contributed by atoms with Crippen LogP contribution in [0.4, 0.5) is 0 Å². The monoisotopic (exact) mass is 377 g/mol. The number of ketones is 1. The number of nitrogens with zero attached hydrogens (tertiary/aromatic N) is 3. The first-order chi connectivity index (χ1) is 13.6. The summed E-state index contributed by atoms with van der Waals surface area (Å²) in [5.41, 5.74) is 10.3. The first kappa shape index (κ1) is 19.9. The van der Waals surface area contributed by atoms with Crippen LogP contribution in [0, 0.1) is 5.92 Å². The summed E-state index contributed by atoms with van der Waals surface area (Å²) in [6.07, 6.45) is 2.46. The Morgan fingerprint density at radius 1 is 1.04 bits per heavy atom. The molecule has 3 N–H and O–H groups in total. The molecule has 0 aliphatic rings. The van der Waals surface area contributed by atoms with E-state index in [4.69, 9.17) is 5.73 Å². The summed E-state index contributed by atoms with van der Waals surface area (Å²) in [7, 11) is 0. The lowest BCUT2D eigenvalue weighted by Crippen LogP contribution is -2.23. The zero-order valence-electron chi connectivity index (χ0n) is 16.4. The Labute approximate surface area is 165 Å². The molecular formula is C22H27N5O. The van der Waals surface area contributed by atoms with Gasteiger partial charge in [-0.05, 0) is 42.0 Å². The minimum absolute atomic E-state index is 0.0779. The van der Waals surface area contributed by atoms with Gasteiger partial charge in [-0.3, -0.25) is 4.79 Å². The van der Waals surface area contributed by atoms with Crippen LogP contribution in [0.2, 0.25) is 0 Å². The van der Waals surface area contributed by atoms with Crippen molar-refractivity contribution in [3.8, 4) is 11.1 Å². The van der Waals surface area contributed by atoms with Gasteiger partial charge < -0.3 is 5.73 Å².